The first-order valence-electron chi connectivity index (χ1n) is 8.52. The van der Waals surface area contributed by atoms with Crippen molar-refractivity contribution in [2.45, 2.75) is 6.04 Å². The lowest BCUT2D eigenvalue weighted by Gasteiger charge is -2.40. The van der Waals surface area contributed by atoms with Crippen molar-refractivity contribution in [3.8, 4) is 5.75 Å². The third kappa shape index (κ3) is 3.36. The Morgan fingerprint density at radius 2 is 2.12 bits per heavy atom. The molecule has 0 saturated carbocycles. The Balaban J connectivity index is 1.52. The molecule has 1 aromatic carbocycles. The van der Waals surface area contributed by atoms with Crippen molar-refractivity contribution in [1.82, 2.24) is 19.8 Å². The molecule has 2 aliphatic rings. The Morgan fingerprint density at radius 1 is 1.23 bits per heavy atom. The van der Waals surface area contributed by atoms with E-state index in [-0.39, 0.29) is 24.4 Å². The van der Waals surface area contributed by atoms with Crippen molar-refractivity contribution in [3.05, 3.63) is 48.5 Å². The van der Waals surface area contributed by atoms with Crippen LogP contribution in [0.15, 0.2) is 42.9 Å². The van der Waals surface area contributed by atoms with Crippen molar-refractivity contribution < 1.29 is 14.3 Å². The van der Waals surface area contributed by atoms with E-state index < -0.39 is 0 Å². The van der Waals surface area contributed by atoms with E-state index >= 15 is 0 Å². The number of nitrogens with one attached hydrogen (secondary N) is 1. The van der Waals surface area contributed by atoms with Gasteiger partial charge in [0, 0.05) is 32.0 Å². The lowest BCUT2D eigenvalue weighted by molar-refractivity contribution is -0.118. The zero-order chi connectivity index (χ0) is 17.9. The number of fused-ring (bicyclic) bond motifs is 2. The van der Waals surface area contributed by atoms with Crippen LogP contribution in [0.2, 0.25) is 0 Å². The monoisotopic (exact) mass is 353 g/mol. The van der Waals surface area contributed by atoms with Crippen molar-refractivity contribution in [1.29, 1.82) is 0 Å². The Kier molecular flexibility index (Phi) is 4.49. The number of rotatable bonds is 1. The van der Waals surface area contributed by atoms with E-state index in [0.717, 1.165) is 0 Å². The van der Waals surface area contributed by atoms with Crippen LogP contribution in [0.25, 0.3) is 0 Å². The zero-order valence-corrected chi connectivity index (χ0v) is 14.2. The number of nitrogens with zero attached hydrogens (tertiary/aromatic N) is 4. The minimum atomic E-state index is -0.150. The maximum absolute atomic E-state index is 12.6. The van der Waals surface area contributed by atoms with Gasteiger partial charge in [0.1, 0.15) is 18.1 Å². The topological polar surface area (TPSA) is 87.7 Å². The number of amides is 2. The van der Waals surface area contributed by atoms with Crippen LogP contribution in [0.5, 0.6) is 5.75 Å². The molecule has 0 spiro atoms. The molecule has 1 atom stereocenters. The van der Waals surface area contributed by atoms with Gasteiger partial charge in [-0.1, -0.05) is 12.1 Å². The summed E-state index contributed by atoms with van der Waals surface area (Å²) in [5, 5.41) is 2.89. The molecule has 1 aromatic heterocycles. The number of anilines is 1. The average molecular weight is 353 g/mol. The number of hydrogen-bond donors (Lipinski definition) is 1. The summed E-state index contributed by atoms with van der Waals surface area (Å²) in [5.41, 5.74) is 0.998. The second-order valence-corrected chi connectivity index (χ2v) is 6.32. The molecule has 0 radical (unpaired) electrons. The summed E-state index contributed by atoms with van der Waals surface area (Å²) >= 11 is 0. The van der Waals surface area contributed by atoms with Crippen molar-refractivity contribution in [2.75, 3.05) is 38.1 Å². The fourth-order valence-corrected chi connectivity index (χ4v) is 3.27. The maximum Gasteiger partial charge on any atom is 0.274 e. The Hall–Kier alpha value is -3.00. The number of hydrogen-bond acceptors (Lipinski definition) is 6. The average Bonchev–Trinajstić information content (AvgIpc) is 2.74. The van der Waals surface area contributed by atoms with Gasteiger partial charge in [-0.15, -0.1) is 0 Å². The predicted octanol–water partition coefficient (Wildman–Crippen LogP) is 0.634. The summed E-state index contributed by atoms with van der Waals surface area (Å²) in [4.78, 5) is 36.8. The highest BCUT2D eigenvalue weighted by molar-refractivity contribution is 5.94. The number of ether oxygens (including phenoxy) is 1. The second kappa shape index (κ2) is 7.09. The van der Waals surface area contributed by atoms with Crippen LogP contribution in [0.3, 0.4) is 0 Å². The minimum Gasteiger partial charge on any atom is -0.490 e. The smallest absolute Gasteiger partial charge is 0.274 e. The molecule has 0 bridgehead atoms. The molecule has 1 saturated heterocycles. The molecule has 3 heterocycles. The number of piperazine rings is 1. The molecule has 1 N–H and O–H groups in total. The first-order chi connectivity index (χ1) is 12.7. The summed E-state index contributed by atoms with van der Waals surface area (Å²) in [6.07, 6.45) is 4.52. The van der Waals surface area contributed by atoms with Crippen LogP contribution in [0.1, 0.15) is 10.5 Å². The molecule has 0 unspecified atom stereocenters. The molecule has 4 rings (SSSR count). The number of benzene rings is 1. The summed E-state index contributed by atoms with van der Waals surface area (Å²) < 4.78 is 5.94. The van der Waals surface area contributed by atoms with E-state index in [1.807, 2.05) is 24.3 Å². The summed E-state index contributed by atoms with van der Waals surface area (Å²) in [6.45, 7) is 2.28. The van der Waals surface area contributed by atoms with Crippen LogP contribution in [0, 0.1) is 0 Å². The molecule has 8 heteroatoms. The molecule has 134 valence electrons. The van der Waals surface area contributed by atoms with Gasteiger partial charge < -0.3 is 15.0 Å². The number of carbonyl (C=O) groups is 2. The van der Waals surface area contributed by atoms with Crippen LogP contribution in [0.4, 0.5) is 5.69 Å². The Bertz CT molecular complexity index is 813. The van der Waals surface area contributed by atoms with E-state index in [4.69, 9.17) is 4.74 Å². The summed E-state index contributed by atoms with van der Waals surface area (Å²) in [6, 6.07) is 7.31. The van der Waals surface area contributed by atoms with Crippen molar-refractivity contribution >= 4 is 17.5 Å². The SMILES string of the molecule is O=C1CN2CCN(C(=O)c3cnccn3)C[C@@H]2COc2ccccc2N1. The number of carbonyl (C=O) groups excluding carboxylic acids is 2. The van der Waals surface area contributed by atoms with Gasteiger partial charge in [-0.25, -0.2) is 4.98 Å². The van der Waals surface area contributed by atoms with Gasteiger partial charge in [0.25, 0.3) is 5.91 Å². The van der Waals surface area contributed by atoms with E-state index in [2.05, 4.69) is 20.2 Å². The van der Waals surface area contributed by atoms with Gasteiger partial charge in [0.2, 0.25) is 5.91 Å². The van der Waals surface area contributed by atoms with Crippen LogP contribution in [-0.2, 0) is 4.79 Å². The molecular weight excluding hydrogens is 334 g/mol. The number of aromatic nitrogens is 2. The van der Waals surface area contributed by atoms with Gasteiger partial charge in [0.15, 0.2) is 0 Å². The normalized spacial score (nSPS) is 20.5. The zero-order valence-electron chi connectivity index (χ0n) is 14.2. The molecule has 2 amide bonds. The van der Waals surface area contributed by atoms with E-state index in [1.54, 1.807) is 4.90 Å². The van der Waals surface area contributed by atoms with Crippen molar-refractivity contribution in [2.24, 2.45) is 0 Å². The fourth-order valence-electron chi connectivity index (χ4n) is 3.27. The van der Waals surface area contributed by atoms with E-state index in [0.29, 0.717) is 43.4 Å². The van der Waals surface area contributed by atoms with E-state index in [9.17, 15) is 9.59 Å². The van der Waals surface area contributed by atoms with Gasteiger partial charge in [-0.3, -0.25) is 19.5 Å². The lowest BCUT2D eigenvalue weighted by Crippen LogP contribution is -2.58. The Labute approximate surface area is 150 Å². The molecule has 26 heavy (non-hydrogen) atoms. The Morgan fingerprint density at radius 3 is 2.96 bits per heavy atom. The largest absolute Gasteiger partial charge is 0.490 e. The van der Waals surface area contributed by atoms with Crippen molar-refractivity contribution in [3.63, 3.8) is 0 Å². The minimum absolute atomic E-state index is 0.0683. The first kappa shape index (κ1) is 16.5. The molecule has 8 nitrogen and oxygen atoms in total. The van der Waals surface area contributed by atoms with Crippen LogP contribution in [-0.4, -0.2) is 70.4 Å². The fraction of sp³-hybridized carbons (Fsp3) is 0.333. The maximum atomic E-state index is 12.6. The lowest BCUT2D eigenvalue weighted by atomic mass is 10.1. The molecule has 0 aliphatic carbocycles. The standard InChI is InChI=1S/C18H19N5O3/c24-17-11-22-7-8-23(18(25)15-9-19-5-6-20-15)10-13(22)12-26-16-4-2-1-3-14(16)21-17/h1-6,9,13H,7-8,10-12H2,(H,21,24)/t13-/m1/s1. The van der Waals surface area contributed by atoms with E-state index in [1.165, 1.54) is 18.6 Å². The third-order valence-electron chi connectivity index (χ3n) is 4.61. The van der Waals surface area contributed by atoms with Gasteiger partial charge in [-0.05, 0) is 12.1 Å². The number of para-hydroxylation sites is 2. The summed E-state index contributed by atoms with van der Waals surface area (Å²) in [7, 11) is 0. The predicted molar refractivity (Wildman–Crippen MR) is 93.9 cm³/mol. The molecule has 2 aliphatic heterocycles. The highest BCUT2D eigenvalue weighted by Gasteiger charge is 2.33. The first-order valence-corrected chi connectivity index (χ1v) is 8.52. The van der Waals surface area contributed by atoms with Gasteiger partial charge in [0.05, 0.1) is 24.5 Å². The molecule has 1 fully saturated rings. The van der Waals surface area contributed by atoms with Crippen LogP contribution >= 0.6 is 0 Å². The molecule has 2 aromatic rings. The van der Waals surface area contributed by atoms with Gasteiger partial charge in [-0.2, -0.15) is 0 Å². The highest BCUT2D eigenvalue weighted by atomic mass is 16.5. The van der Waals surface area contributed by atoms with Crippen LogP contribution < -0.4 is 10.1 Å². The third-order valence-corrected chi connectivity index (χ3v) is 4.61. The quantitative estimate of drug-likeness (QED) is 0.809. The second-order valence-electron chi connectivity index (χ2n) is 6.32. The highest BCUT2D eigenvalue weighted by Crippen LogP contribution is 2.26. The molecular formula is C18H19N5O3. The van der Waals surface area contributed by atoms with Gasteiger partial charge >= 0.3 is 0 Å². The summed E-state index contributed by atoms with van der Waals surface area (Å²) in [5.74, 6) is 0.407.